The fourth-order valence-corrected chi connectivity index (χ4v) is 3.44. The molecule has 0 unspecified atom stereocenters. The third-order valence-electron chi connectivity index (χ3n) is 4.85. The molecule has 0 atom stereocenters. The van der Waals surface area contributed by atoms with Gasteiger partial charge in [-0.15, -0.1) is 0 Å². The van der Waals surface area contributed by atoms with Crippen molar-refractivity contribution < 1.29 is 9.90 Å². The molecule has 7 heteroatoms. The molecule has 0 aliphatic heterocycles. The molecule has 0 saturated carbocycles. The zero-order valence-electron chi connectivity index (χ0n) is 16.3. The summed E-state index contributed by atoms with van der Waals surface area (Å²) in [5.41, 5.74) is 6.04. The fraction of sp³-hybridized carbons (Fsp3) is 0.227. The Morgan fingerprint density at radius 3 is 2.66 bits per heavy atom. The maximum absolute atomic E-state index is 12.4. The number of aromatic hydroxyl groups is 1. The van der Waals surface area contributed by atoms with Crippen LogP contribution in [-0.4, -0.2) is 31.7 Å². The number of hydrogen-bond acceptors (Lipinski definition) is 6. The van der Waals surface area contributed by atoms with Crippen LogP contribution in [0.4, 0.5) is 0 Å². The standard InChI is InChI=1S/C22H21N5O2/c1-22(2)11-17-16(13-24-20(25-17)14-7-9-23-10-8-14)18(12-22)26-27-21(29)15-5-3-4-6-19(15)28/h3-10,13,28H,11-12H2,1-2H3,(H,27,29)/b26-18+. The Morgan fingerprint density at radius 1 is 1.14 bits per heavy atom. The zero-order valence-corrected chi connectivity index (χ0v) is 16.3. The smallest absolute Gasteiger partial charge is 0.275 e. The highest BCUT2D eigenvalue weighted by atomic mass is 16.3. The lowest BCUT2D eigenvalue weighted by Gasteiger charge is -2.31. The van der Waals surface area contributed by atoms with Gasteiger partial charge >= 0.3 is 0 Å². The Morgan fingerprint density at radius 2 is 1.90 bits per heavy atom. The van der Waals surface area contributed by atoms with Gasteiger partial charge in [0.1, 0.15) is 5.75 Å². The summed E-state index contributed by atoms with van der Waals surface area (Å²) in [4.78, 5) is 25.7. The second kappa shape index (κ2) is 7.43. The molecule has 0 spiro atoms. The highest BCUT2D eigenvalue weighted by Gasteiger charge is 2.31. The number of nitrogens with one attached hydrogen (secondary N) is 1. The van der Waals surface area contributed by atoms with Gasteiger partial charge in [0.05, 0.1) is 17.0 Å². The molecule has 0 bridgehead atoms. The number of hydrazone groups is 1. The van der Waals surface area contributed by atoms with Crippen LogP contribution >= 0.6 is 0 Å². The van der Waals surface area contributed by atoms with Crippen LogP contribution in [0.25, 0.3) is 11.4 Å². The molecule has 29 heavy (non-hydrogen) atoms. The van der Waals surface area contributed by atoms with Crippen LogP contribution < -0.4 is 5.43 Å². The molecule has 4 rings (SSSR count). The molecule has 2 N–H and O–H groups in total. The fourth-order valence-electron chi connectivity index (χ4n) is 3.44. The van der Waals surface area contributed by atoms with Crippen LogP contribution in [0, 0.1) is 5.41 Å². The van der Waals surface area contributed by atoms with Gasteiger partial charge in [0.15, 0.2) is 5.82 Å². The van der Waals surface area contributed by atoms with E-state index in [1.165, 1.54) is 6.07 Å². The van der Waals surface area contributed by atoms with E-state index in [0.29, 0.717) is 12.2 Å². The van der Waals surface area contributed by atoms with Gasteiger partial charge in [-0.25, -0.2) is 15.4 Å². The number of aromatic nitrogens is 3. The average molecular weight is 387 g/mol. The first kappa shape index (κ1) is 18.7. The molecule has 1 aliphatic carbocycles. The van der Waals surface area contributed by atoms with Gasteiger partial charge in [0.2, 0.25) is 0 Å². The van der Waals surface area contributed by atoms with Gasteiger partial charge < -0.3 is 5.11 Å². The van der Waals surface area contributed by atoms with Crippen molar-refractivity contribution in [2.24, 2.45) is 10.5 Å². The second-order valence-electron chi connectivity index (χ2n) is 7.82. The van der Waals surface area contributed by atoms with E-state index >= 15 is 0 Å². The van der Waals surface area contributed by atoms with Crippen molar-refractivity contribution in [3.8, 4) is 17.1 Å². The predicted molar refractivity (Wildman–Crippen MR) is 109 cm³/mol. The molecule has 0 radical (unpaired) electrons. The highest BCUT2D eigenvalue weighted by molar-refractivity contribution is 6.04. The van der Waals surface area contributed by atoms with E-state index in [4.69, 9.17) is 4.98 Å². The summed E-state index contributed by atoms with van der Waals surface area (Å²) >= 11 is 0. The van der Waals surface area contributed by atoms with Gasteiger partial charge in [0.25, 0.3) is 5.91 Å². The van der Waals surface area contributed by atoms with E-state index < -0.39 is 5.91 Å². The number of hydrogen-bond donors (Lipinski definition) is 2. The summed E-state index contributed by atoms with van der Waals surface area (Å²) in [5.74, 6) is 0.0937. The van der Waals surface area contributed by atoms with Crippen molar-refractivity contribution in [1.82, 2.24) is 20.4 Å². The van der Waals surface area contributed by atoms with E-state index in [1.54, 1.807) is 36.8 Å². The molecule has 146 valence electrons. The molecular formula is C22H21N5O2. The minimum absolute atomic E-state index is 0.0602. The maximum Gasteiger partial charge on any atom is 0.275 e. The lowest BCUT2D eigenvalue weighted by Crippen LogP contribution is -2.31. The van der Waals surface area contributed by atoms with Crippen LogP contribution in [0.5, 0.6) is 5.75 Å². The lowest BCUT2D eigenvalue weighted by molar-refractivity contribution is 0.0952. The first-order valence-corrected chi connectivity index (χ1v) is 9.34. The molecule has 3 aromatic rings. The molecule has 0 saturated heterocycles. The summed E-state index contributed by atoms with van der Waals surface area (Å²) in [6.45, 7) is 4.29. The normalized spacial score (nSPS) is 16.3. The number of amides is 1. The average Bonchev–Trinajstić information content (AvgIpc) is 2.71. The van der Waals surface area contributed by atoms with Gasteiger partial charge in [0, 0.05) is 29.7 Å². The van der Waals surface area contributed by atoms with Crippen molar-refractivity contribution in [3.63, 3.8) is 0 Å². The summed E-state index contributed by atoms with van der Waals surface area (Å²) in [6, 6.07) is 10.1. The van der Waals surface area contributed by atoms with Gasteiger partial charge in [-0.05, 0) is 42.5 Å². The van der Waals surface area contributed by atoms with E-state index in [2.05, 4.69) is 34.3 Å². The van der Waals surface area contributed by atoms with Crippen molar-refractivity contribution in [1.29, 1.82) is 0 Å². The van der Waals surface area contributed by atoms with Crippen LogP contribution in [-0.2, 0) is 6.42 Å². The Balaban J connectivity index is 1.66. The zero-order chi connectivity index (χ0) is 20.4. The molecule has 1 amide bonds. The van der Waals surface area contributed by atoms with E-state index in [9.17, 15) is 9.90 Å². The first-order valence-electron chi connectivity index (χ1n) is 9.34. The molecule has 1 aromatic carbocycles. The van der Waals surface area contributed by atoms with Crippen LogP contribution in [0.3, 0.4) is 0 Å². The minimum Gasteiger partial charge on any atom is -0.507 e. The predicted octanol–water partition coefficient (Wildman–Crippen LogP) is 3.35. The number of pyridine rings is 1. The third-order valence-corrected chi connectivity index (χ3v) is 4.85. The van der Waals surface area contributed by atoms with Gasteiger partial charge in [-0.1, -0.05) is 26.0 Å². The minimum atomic E-state index is -0.463. The van der Waals surface area contributed by atoms with Crippen molar-refractivity contribution in [2.45, 2.75) is 26.7 Å². The molecular weight excluding hydrogens is 366 g/mol. The number of carbonyl (C=O) groups excluding carboxylic acids is 1. The van der Waals surface area contributed by atoms with E-state index in [-0.39, 0.29) is 16.7 Å². The second-order valence-corrected chi connectivity index (χ2v) is 7.82. The van der Waals surface area contributed by atoms with Crippen LogP contribution in [0.2, 0.25) is 0 Å². The van der Waals surface area contributed by atoms with Crippen molar-refractivity contribution in [3.05, 3.63) is 71.8 Å². The number of fused-ring (bicyclic) bond motifs is 1. The topological polar surface area (TPSA) is 100 Å². The molecule has 1 aliphatic rings. The van der Waals surface area contributed by atoms with E-state index in [0.717, 1.165) is 29.0 Å². The summed E-state index contributed by atoms with van der Waals surface area (Å²) in [5, 5.41) is 14.2. The van der Waals surface area contributed by atoms with Gasteiger partial charge in [-0.2, -0.15) is 5.10 Å². The SMILES string of the molecule is CC1(C)C/C(=N\NC(=O)c2ccccc2O)c2cnc(-c3ccncc3)nc2C1. The summed E-state index contributed by atoms with van der Waals surface area (Å²) < 4.78 is 0. The third kappa shape index (κ3) is 3.99. The lowest BCUT2D eigenvalue weighted by atomic mass is 9.75. The quantitative estimate of drug-likeness (QED) is 0.671. The largest absolute Gasteiger partial charge is 0.507 e. The van der Waals surface area contributed by atoms with Crippen molar-refractivity contribution in [2.75, 3.05) is 0 Å². The number of carbonyl (C=O) groups is 1. The van der Waals surface area contributed by atoms with Crippen LogP contribution in [0.1, 0.15) is 41.9 Å². The number of rotatable bonds is 3. The van der Waals surface area contributed by atoms with Crippen LogP contribution in [0.15, 0.2) is 60.1 Å². The van der Waals surface area contributed by atoms with Crippen molar-refractivity contribution >= 4 is 11.6 Å². The molecule has 0 fully saturated rings. The highest BCUT2D eigenvalue weighted by Crippen LogP contribution is 2.34. The number of phenolic OH excluding ortho intramolecular Hbond substituents is 1. The molecule has 2 aromatic heterocycles. The Kier molecular flexibility index (Phi) is 4.80. The number of phenols is 1. The summed E-state index contributed by atoms with van der Waals surface area (Å²) in [7, 11) is 0. The Labute approximate surface area is 168 Å². The summed E-state index contributed by atoms with van der Waals surface area (Å²) in [6.07, 6.45) is 6.65. The van der Waals surface area contributed by atoms with E-state index in [1.807, 2.05) is 12.1 Å². The first-order chi connectivity index (χ1) is 13.9. The molecule has 7 nitrogen and oxygen atoms in total. The number of nitrogens with zero attached hydrogens (tertiary/aromatic N) is 4. The Bertz CT molecular complexity index is 1090. The monoisotopic (exact) mass is 387 g/mol. The molecule has 2 heterocycles. The van der Waals surface area contributed by atoms with Gasteiger partial charge in [-0.3, -0.25) is 9.78 Å². The number of benzene rings is 1. The number of para-hydroxylation sites is 1. The Hall–Kier alpha value is -3.61. The maximum atomic E-state index is 12.4.